The van der Waals surface area contributed by atoms with Crippen LogP contribution in [0, 0.1) is 0 Å². The van der Waals surface area contributed by atoms with Crippen LogP contribution in [0.3, 0.4) is 0 Å². The van der Waals surface area contributed by atoms with Crippen molar-refractivity contribution in [3.8, 4) is 5.75 Å². The van der Waals surface area contributed by atoms with Gasteiger partial charge in [0.25, 0.3) is 5.91 Å². The van der Waals surface area contributed by atoms with Crippen LogP contribution in [0.2, 0.25) is 0 Å². The average Bonchev–Trinajstić information content (AvgIpc) is 2.68. The van der Waals surface area contributed by atoms with E-state index < -0.39 is 0 Å². The zero-order chi connectivity index (χ0) is 19.4. The minimum atomic E-state index is -0.197. The summed E-state index contributed by atoms with van der Waals surface area (Å²) in [5.74, 6) is 0.212. The summed E-state index contributed by atoms with van der Waals surface area (Å²) in [4.78, 5) is 27.5. The van der Waals surface area contributed by atoms with Crippen LogP contribution in [0.25, 0.3) is 0 Å². The van der Waals surface area contributed by atoms with Crippen molar-refractivity contribution in [2.45, 2.75) is 19.9 Å². The Hall–Kier alpha value is -2.86. The quantitative estimate of drug-likeness (QED) is 0.696. The standard InChI is InChI=1S/C21H25N3O3/c1-15(21(27)22-18-7-5-6-17(14-18)16(2)25)23-10-12-24(13-11-23)19-8-3-4-9-20(19)26/h3-9,14-15,26H,10-13H2,1-2H3,(H,22,27)/p+1/t15-/m0/s1. The van der Waals surface area contributed by atoms with Crippen molar-refractivity contribution < 1.29 is 19.6 Å². The lowest BCUT2D eigenvalue weighted by Crippen LogP contribution is -3.19. The molecule has 2 aromatic rings. The van der Waals surface area contributed by atoms with Gasteiger partial charge in [0, 0.05) is 11.3 Å². The molecule has 1 aliphatic heterocycles. The number of hydrogen-bond acceptors (Lipinski definition) is 4. The van der Waals surface area contributed by atoms with Gasteiger partial charge in [0.15, 0.2) is 11.8 Å². The number of piperazine rings is 1. The molecule has 0 unspecified atom stereocenters. The van der Waals surface area contributed by atoms with Crippen molar-refractivity contribution in [3.63, 3.8) is 0 Å². The number of nitrogens with one attached hydrogen (secondary N) is 2. The second kappa shape index (κ2) is 8.22. The number of quaternary nitrogens is 1. The van der Waals surface area contributed by atoms with E-state index in [0.29, 0.717) is 11.3 Å². The van der Waals surface area contributed by atoms with Gasteiger partial charge in [0.2, 0.25) is 0 Å². The minimum Gasteiger partial charge on any atom is -0.506 e. The number of Topliss-reactive ketones (excluding diaryl/α,β-unsaturated/α-hetero) is 1. The molecular weight excluding hydrogens is 342 g/mol. The number of carbonyl (C=O) groups is 2. The van der Waals surface area contributed by atoms with Crippen molar-refractivity contribution in [3.05, 3.63) is 54.1 Å². The Bertz CT molecular complexity index is 829. The van der Waals surface area contributed by atoms with Crippen LogP contribution >= 0.6 is 0 Å². The normalized spacial score (nSPS) is 16.0. The lowest BCUT2D eigenvalue weighted by molar-refractivity contribution is -0.914. The number of aromatic hydroxyl groups is 1. The second-order valence-electron chi connectivity index (χ2n) is 6.98. The first-order valence-electron chi connectivity index (χ1n) is 9.25. The molecule has 0 saturated carbocycles. The molecule has 1 amide bonds. The predicted octanol–water partition coefficient (Wildman–Crippen LogP) is 1.33. The van der Waals surface area contributed by atoms with Gasteiger partial charge in [-0.15, -0.1) is 0 Å². The average molecular weight is 368 g/mol. The van der Waals surface area contributed by atoms with Gasteiger partial charge in [-0.25, -0.2) is 0 Å². The number of para-hydroxylation sites is 2. The summed E-state index contributed by atoms with van der Waals surface area (Å²) in [6, 6.07) is 14.2. The largest absolute Gasteiger partial charge is 0.506 e. The Morgan fingerprint density at radius 2 is 1.81 bits per heavy atom. The van der Waals surface area contributed by atoms with Crippen molar-refractivity contribution in [2.75, 3.05) is 36.4 Å². The Labute approximate surface area is 159 Å². The fraction of sp³-hybridized carbons (Fsp3) is 0.333. The molecule has 1 aliphatic rings. The van der Waals surface area contributed by atoms with E-state index in [2.05, 4.69) is 10.2 Å². The molecule has 6 nitrogen and oxygen atoms in total. The third-order valence-electron chi connectivity index (χ3n) is 5.17. The number of anilines is 2. The maximum absolute atomic E-state index is 12.6. The van der Waals surface area contributed by atoms with Gasteiger partial charge in [-0.2, -0.15) is 0 Å². The first kappa shape index (κ1) is 18.9. The van der Waals surface area contributed by atoms with E-state index in [-0.39, 0.29) is 23.5 Å². The van der Waals surface area contributed by atoms with Crippen molar-refractivity contribution in [2.24, 2.45) is 0 Å². The summed E-state index contributed by atoms with van der Waals surface area (Å²) in [6.07, 6.45) is 0. The highest BCUT2D eigenvalue weighted by Gasteiger charge is 2.29. The van der Waals surface area contributed by atoms with Gasteiger partial charge in [-0.1, -0.05) is 24.3 Å². The van der Waals surface area contributed by atoms with E-state index in [0.717, 1.165) is 31.9 Å². The number of hydrogen-bond donors (Lipinski definition) is 3. The Kier molecular flexibility index (Phi) is 5.76. The molecule has 0 bridgehead atoms. The number of benzene rings is 2. The number of phenols is 1. The molecule has 0 aliphatic carbocycles. The number of rotatable bonds is 5. The number of nitrogens with zero attached hydrogens (tertiary/aromatic N) is 1. The Morgan fingerprint density at radius 1 is 1.11 bits per heavy atom. The maximum Gasteiger partial charge on any atom is 0.282 e. The van der Waals surface area contributed by atoms with Crippen LogP contribution in [0.15, 0.2) is 48.5 Å². The highest BCUT2D eigenvalue weighted by Crippen LogP contribution is 2.26. The van der Waals surface area contributed by atoms with E-state index >= 15 is 0 Å². The number of carbonyl (C=O) groups excluding carboxylic acids is 2. The van der Waals surface area contributed by atoms with Gasteiger partial charge in [0.05, 0.1) is 31.9 Å². The van der Waals surface area contributed by atoms with Gasteiger partial charge in [-0.05, 0) is 38.1 Å². The number of amides is 1. The molecule has 3 rings (SSSR count). The highest BCUT2D eigenvalue weighted by molar-refractivity contribution is 5.97. The molecule has 2 aromatic carbocycles. The molecule has 1 saturated heterocycles. The van der Waals surface area contributed by atoms with Crippen LogP contribution in [0.4, 0.5) is 11.4 Å². The first-order valence-corrected chi connectivity index (χ1v) is 9.25. The summed E-state index contributed by atoms with van der Waals surface area (Å²) in [6.45, 7) is 6.63. The zero-order valence-electron chi connectivity index (χ0n) is 15.7. The second-order valence-corrected chi connectivity index (χ2v) is 6.98. The zero-order valence-corrected chi connectivity index (χ0v) is 15.7. The molecule has 142 valence electrons. The van der Waals surface area contributed by atoms with Crippen LogP contribution in [-0.2, 0) is 4.79 Å². The lowest BCUT2D eigenvalue weighted by atomic mass is 10.1. The minimum absolute atomic E-state index is 0.0231. The summed E-state index contributed by atoms with van der Waals surface area (Å²) < 4.78 is 0. The fourth-order valence-electron chi connectivity index (χ4n) is 3.45. The Morgan fingerprint density at radius 3 is 2.48 bits per heavy atom. The van der Waals surface area contributed by atoms with Crippen LogP contribution in [0.5, 0.6) is 5.75 Å². The SMILES string of the molecule is CC(=O)c1cccc(NC(=O)[C@H](C)[NH+]2CCN(c3ccccc3O)CC2)c1. The smallest absolute Gasteiger partial charge is 0.282 e. The summed E-state index contributed by atoms with van der Waals surface area (Å²) in [7, 11) is 0. The van der Waals surface area contributed by atoms with Crippen LogP contribution in [0.1, 0.15) is 24.2 Å². The van der Waals surface area contributed by atoms with Gasteiger partial charge >= 0.3 is 0 Å². The summed E-state index contributed by atoms with van der Waals surface area (Å²) in [5.41, 5.74) is 2.07. The molecule has 27 heavy (non-hydrogen) atoms. The molecule has 1 atom stereocenters. The molecule has 6 heteroatoms. The molecule has 3 N–H and O–H groups in total. The number of ketones is 1. The van der Waals surface area contributed by atoms with Gasteiger partial charge in [0.1, 0.15) is 5.75 Å². The summed E-state index contributed by atoms with van der Waals surface area (Å²) >= 11 is 0. The summed E-state index contributed by atoms with van der Waals surface area (Å²) in [5, 5.41) is 12.9. The van der Waals surface area contributed by atoms with Crippen molar-refractivity contribution >= 4 is 23.1 Å². The predicted molar refractivity (Wildman–Crippen MR) is 106 cm³/mol. The molecule has 0 radical (unpaired) electrons. The van der Waals surface area contributed by atoms with Crippen LogP contribution in [-0.4, -0.2) is 49.0 Å². The number of phenolic OH excluding ortho intramolecular Hbond substituents is 1. The molecular formula is C21H26N3O3+. The highest BCUT2D eigenvalue weighted by atomic mass is 16.3. The van der Waals surface area contributed by atoms with Crippen molar-refractivity contribution in [1.29, 1.82) is 0 Å². The van der Waals surface area contributed by atoms with Gasteiger partial charge < -0.3 is 20.2 Å². The van der Waals surface area contributed by atoms with E-state index in [1.54, 1.807) is 30.3 Å². The fourth-order valence-corrected chi connectivity index (χ4v) is 3.45. The van der Waals surface area contributed by atoms with Gasteiger partial charge in [-0.3, -0.25) is 9.59 Å². The van der Waals surface area contributed by atoms with E-state index in [4.69, 9.17) is 0 Å². The maximum atomic E-state index is 12.6. The lowest BCUT2D eigenvalue weighted by Gasteiger charge is -2.36. The van der Waals surface area contributed by atoms with E-state index in [1.165, 1.54) is 11.8 Å². The molecule has 1 heterocycles. The topological polar surface area (TPSA) is 74.1 Å². The third kappa shape index (κ3) is 4.46. The Balaban J connectivity index is 1.58. The first-order chi connectivity index (χ1) is 13.0. The van der Waals surface area contributed by atoms with E-state index in [1.807, 2.05) is 25.1 Å². The molecule has 0 spiro atoms. The monoisotopic (exact) mass is 368 g/mol. The van der Waals surface area contributed by atoms with Crippen molar-refractivity contribution in [1.82, 2.24) is 0 Å². The van der Waals surface area contributed by atoms with Crippen LogP contribution < -0.4 is 15.1 Å². The molecule has 1 fully saturated rings. The third-order valence-corrected chi connectivity index (χ3v) is 5.17. The van der Waals surface area contributed by atoms with E-state index in [9.17, 15) is 14.7 Å². The molecule has 0 aromatic heterocycles.